The molecule has 7 heteroatoms. The van der Waals surface area contributed by atoms with Crippen LogP contribution >= 0.6 is 23.5 Å². The molecule has 1 aliphatic carbocycles. The lowest BCUT2D eigenvalue weighted by atomic mass is 10.0. The van der Waals surface area contributed by atoms with Crippen molar-refractivity contribution in [1.29, 1.82) is 0 Å². The van der Waals surface area contributed by atoms with Crippen molar-refractivity contribution in [2.45, 2.75) is 48.6 Å². The number of hydrogen-bond acceptors (Lipinski definition) is 5. The average molecular weight is 377 g/mol. The first-order valence-corrected chi connectivity index (χ1v) is 10.9. The van der Waals surface area contributed by atoms with Crippen molar-refractivity contribution in [3.8, 4) is 0 Å². The summed E-state index contributed by atoms with van der Waals surface area (Å²) in [7, 11) is 0. The third-order valence-corrected chi connectivity index (χ3v) is 6.03. The first kappa shape index (κ1) is 18.3. The molecule has 134 valence electrons. The quantitative estimate of drug-likeness (QED) is 0.669. The van der Waals surface area contributed by atoms with Crippen molar-refractivity contribution in [2.75, 3.05) is 17.3 Å². The molecule has 0 spiro atoms. The molecule has 0 atom stereocenters. The van der Waals surface area contributed by atoms with Gasteiger partial charge in [-0.1, -0.05) is 43.5 Å². The van der Waals surface area contributed by atoms with E-state index in [1.807, 2.05) is 30.5 Å². The van der Waals surface area contributed by atoms with Gasteiger partial charge in [0.2, 0.25) is 11.1 Å². The van der Waals surface area contributed by atoms with Gasteiger partial charge in [-0.15, -0.1) is 16.9 Å². The largest absolute Gasteiger partial charge is 0.325 e. The highest BCUT2D eigenvalue weighted by molar-refractivity contribution is 7.99. The number of aromatic nitrogens is 3. The number of carbonyl (C=O) groups excluding carboxylic acids is 1. The van der Waals surface area contributed by atoms with Gasteiger partial charge < -0.3 is 5.32 Å². The number of thioether (sulfide) groups is 2. The van der Waals surface area contributed by atoms with Crippen LogP contribution in [0.25, 0.3) is 0 Å². The molecule has 25 heavy (non-hydrogen) atoms. The summed E-state index contributed by atoms with van der Waals surface area (Å²) >= 11 is 3.02. The summed E-state index contributed by atoms with van der Waals surface area (Å²) < 4.78 is 0. The fourth-order valence-electron chi connectivity index (χ4n) is 3.12. The molecule has 0 radical (unpaired) electrons. The van der Waals surface area contributed by atoms with E-state index in [-0.39, 0.29) is 5.91 Å². The molecule has 1 aliphatic rings. The van der Waals surface area contributed by atoms with Crippen LogP contribution < -0.4 is 5.32 Å². The number of H-pyrrole nitrogens is 1. The number of carbonyl (C=O) groups is 1. The summed E-state index contributed by atoms with van der Waals surface area (Å²) in [6.45, 7) is 0. The maximum atomic E-state index is 12.1. The molecule has 5 nitrogen and oxygen atoms in total. The second kappa shape index (κ2) is 9.29. The molecule has 2 aromatic rings. The zero-order valence-electron chi connectivity index (χ0n) is 14.5. The van der Waals surface area contributed by atoms with Gasteiger partial charge in [-0.2, -0.15) is 0 Å². The molecule has 0 aliphatic heterocycles. The second-order valence-corrected chi connectivity index (χ2v) is 8.14. The summed E-state index contributed by atoms with van der Waals surface area (Å²) in [6, 6.07) is 7.84. The average Bonchev–Trinajstić information content (AvgIpc) is 3.30. The molecule has 3 rings (SSSR count). The predicted molar refractivity (Wildman–Crippen MR) is 104 cm³/mol. The van der Waals surface area contributed by atoms with E-state index in [1.165, 1.54) is 43.9 Å². The molecule has 0 unspecified atom stereocenters. The molecule has 1 aromatic carbocycles. The number of nitrogens with one attached hydrogen (secondary N) is 2. The maximum Gasteiger partial charge on any atom is 0.234 e. The Balaban J connectivity index is 1.42. The topological polar surface area (TPSA) is 70.7 Å². The Hall–Kier alpha value is -1.47. The fraction of sp³-hybridized carbons (Fsp3) is 0.500. The van der Waals surface area contributed by atoms with Gasteiger partial charge in [-0.3, -0.25) is 9.89 Å². The lowest BCUT2D eigenvalue weighted by Gasteiger charge is -2.06. The smallest absolute Gasteiger partial charge is 0.234 e. The summed E-state index contributed by atoms with van der Waals surface area (Å²) in [5.74, 6) is 2.05. The van der Waals surface area contributed by atoms with Crippen LogP contribution in [0.15, 0.2) is 34.3 Å². The number of rotatable bonds is 8. The van der Waals surface area contributed by atoms with E-state index in [0.717, 1.165) is 28.7 Å². The van der Waals surface area contributed by atoms with Gasteiger partial charge in [0.25, 0.3) is 0 Å². The fourth-order valence-corrected chi connectivity index (χ4v) is 4.20. The standard InChI is InChI=1S/C18H24N4OS2/c1-24-15-8-4-7-14(11-15)19-17(23)12-25-18-20-16(21-22-18)10-9-13-5-2-3-6-13/h4,7-8,11,13H,2-3,5-6,9-10,12H2,1H3,(H,19,23)(H,20,21,22). The van der Waals surface area contributed by atoms with Gasteiger partial charge in [0, 0.05) is 17.0 Å². The molecular weight excluding hydrogens is 352 g/mol. The lowest BCUT2D eigenvalue weighted by Crippen LogP contribution is -2.14. The van der Waals surface area contributed by atoms with Crippen LogP contribution in [0.1, 0.15) is 37.9 Å². The predicted octanol–water partition coefficient (Wildman–Crippen LogP) is 4.38. The Bertz CT molecular complexity index is 698. The van der Waals surface area contributed by atoms with Crippen LogP contribution in [-0.4, -0.2) is 33.1 Å². The van der Waals surface area contributed by atoms with Crippen molar-refractivity contribution in [2.24, 2.45) is 5.92 Å². The number of benzene rings is 1. The Labute approximate surface area is 157 Å². The highest BCUT2D eigenvalue weighted by atomic mass is 32.2. The van der Waals surface area contributed by atoms with Crippen LogP contribution in [-0.2, 0) is 11.2 Å². The molecule has 1 amide bonds. The third-order valence-electron chi connectivity index (χ3n) is 4.46. The van der Waals surface area contributed by atoms with Gasteiger partial charge in [-0.25, -0.2) is 4.98 Å². The van der Waals surface area contributed by atoms with E-state index in [0.29, 0.717) is 10.9 Å². The van der Waals surface area contributed by atoms with Crippen molar-refractivity contribution >= 4 is 35.1 Å². The third kappa shape index (κ3) is 5.78. The minimum absolute atomic E-state index is 0.0411. The summed E-state index contributed by atoms with van der Waals surface area (Å²) in [6.07, 6.45) is 9.61. The van der Waals surface area contributed by atoms with Gasteiger partial charge >= 0.3 is 0 Å². The van der Waals surface area contributed by atoms with Crippen molar-refractivity contribution < 1.29 is 4.79 Å². The number of hydrogen-bond donors (Lipinski definition) is 2. The van der Waals surface area contributed by atoms with E-state index in [1.54, 1.807) is 11.8 Å². The Morgan fingerprint density at radius 2 is 2.20 bits per heavy atom. The Morgan fingerprint density at radius 1 is 1.36 bits per heavy atom. The van der Waals surface area contributed by atoms with Crippen LogP contribution in [0.4, 0.5) is 5.69 Å². The zero-order valence-corrected chi connectivity index (χ0v) is 16.1. The minimum Gasteiger partial charge on any atom is -0.325 e. The van der Waals surface area contributed by atoms with Gasteiger partial charge in [0.05, 0.1) is 5.75 Å². The van der Waals surface area contributed by atoms with E-state index in [9.17, 15) is 4.79 Å². The second-order valence-electron chi connectivity index (χ2n) is 6.32. The van der Waals surface area contributed by atoms with E-state index >= 15 is 0 Å². The first-order chi connectivity index (χ1) is 12.2. The van der Waals surface area contributed by atoms with Crippen LogP contribution in [0.5, 0.6) is 0 Å². The maximum absolute atomic E-state index is 12.1. The van der Waals surface area contributed by atoms with Crippen LogP contribution in [0.3, 0.4) is 0 Å². The van der Waals surface area contributed by atoms with Crippen molar-refractivity contribution in [3.05, 3.63) is 30.1 Å². The highest BCUT2D eigenvalue weighted by Gasteiger charge is 2.16. The normalized spacial score (nSPS) is 14.8. The van der Waals surface area contributed by atoms with E-state index < -0.39 is 0 Å². The monoisotopic (exact) mass is 376 g/mol. The van der Waals surface area contributed by atoms with Crippen molar-refractivity contribution in [3.63, 3.8) is 0 Å². The Kier molecular flexibility index (Phi) is 6.81. The Morgan fingerprint density at radius 3 is 3.00 bits per heavy atom. The molecule has 1 fully saturated rings. The van der Waals surface area contributed by atoms with Gasteiger partial charge in [0.1, 0.15) is 5.82 Å². The van der Waals surface area contributed by atoms with E-state index in [4.69, 9.17) is 0 Å². The molecular formula is C18H24N4OS2. The molecule has 0 bridgehead atoms. The summed E-state index contributed by atoms with van der Waals surface area (Å²) in [5.41, 5.74) is 0.824. The number of amides is 1. The first-order valence-electron chi connectivity index (χ1n) is 8.71. The summed E-state index contributed by atoms with van der Waals surface area (Å²) in [4.78, 5) is 17.7. The van der Waals surface area contributed by atoms with Crippen LogP contribution in [0, 0.1) is 5.92 Å². The number of aryl methyl sites for hydroxylation is 1. The number of nitrogens with zero attached hydrogens (tertiary/aromatic N) is 2. The minimum atomic E-state index is -0.0411. The number of aromatic amines is 1. The zero-order chi connectivity index (χ0) is 17.5. The molecule has 0 saturated heterocycles. The summed E-state index contributed by atoms with van der Waals surface area (Å²) in [5, 5.41) is 10.8. The van der Waals surface area contributed by atoms with Crippen LogP contribution in [0.2, 0.25) is 0 Å². The van der Waals surface area contributed by atoms with E-state index in [2.05, 4.69) is 20.5 Å². The molecule has 1 aromatic heterocycles. The molecule has 1 heterocycles. The van der Waals surface area contributed by atoms with Crippen molar-refractivity contribution in [1.82, 2.24) is 15.2 Å². The molecule has 2 N–H and O–H groups in total. The van der Waals surface area contributed by atoms with Gasteiger partial charge in [0.15, 0.2) is 0 Å². The van der Waals surface area contributed by atoms with Gasteiger partial charge in [-0.05, 0) is 36.8 Å². The lowest BCUT2D eigenvalue weighted by molar-refractivity contribution is -0.113. The SMILES string of the molecule is CSc1cccc(NC(=O)CSc2n[nH]c(CCC3CCCC3)n2)c1. The number of anilines is 1. The molecule has 1 saturated carbocycles. The highest BCUT2D eigenvalue weighted by Crippen LogP contribution is 2.28.